The van der Waals surface area contributed by atoms with Gasteiger partial charge in [-0.25, -0.2) is 0 Å². The molecule has 0 aromatic carbocycles. The fraction of sp³-hybridized carbons (Fsp3) is 0.400. The maximum atomic E-state index is 12.7. The lowest BCUT2D eigenvalue weighted by Gasteiger charge is -2.36. The summed E-state index contributed by atoms with van der Waals surface area (Å²) in [6, 6.07) is 3.69. The van der Waals surface area contributed by atoms with Gasteiger partial charge in [0.05, 0.1) is 6.04 Å². The second kappa shape index (κ2) is 6.75. The van der Waals surface area contributed by atoms with Crippen LogP contribution in [0.1, 0.15) is 17.4 Å². The van der Waals surface area contributed by atoms with Crippen molar-refractivity contribution in [1.29, 1.82) is 0 Å². The maximum Gasteiger partial charge on any atom is 0.381 e. The molecule has 0 radical (unpaired) electrons. The average Bonchev–Trinajstić information content (AvgIpc) is 2.97. The number of carbonyl (C=O) groups is 1. The Bertz CT molecular complexity index is 745. The molecule has 1 unspecified atom stereocenters. The molecule has 0 spiro atoms. The number of nitro groups is 1. The quantitative estimate of drug-likeness (QED) is 0.652. The molecular formula is C15H18N6O3. The molecule has 1 fully saturated rings. The van der Waals surface area contributed by atoms with E-state index >= 15 is 0 Å². The molecule has 1 saturated heterocycles. The largest absolute Gasteiger partial charge is 0.381 e. The van der Waals surface area contributed by atoms with Gasteiger partial charge >= 0.3 is 5.82 Å². The first-order valence-electron chi connectivity index (χ1n) is 7.64. The number of aryl methyl sites for hydroxylation is 1. The summed E-state index contributed by atoms with van der Waals surface area (Å²) in [4.78, 5) is 32.8. The van der Waals surface area contributed by atoms with Crippen LogP contribution in [0.5, 0.6) is 0 Å². The van der Waals surface area contributed by atoms with E-state index in [0.717, 1.165) is 5.56 Å². The first-order chi connectivity index (χ1) is 11.6. The lowest BCUT2D eigenvalue weighted by molar-refractivity contribution is -0.389. The van der Waals surface area contributed by atoms with Crippen molar-refractivity contribution in [2.45, 2.75) is 19.5 Å². The van der Waals surface area contributed by atoms with Crippen LogP contribution in [0.3, 0.4) is 0 Å². The van der Waals surface area contributed by atoms with Crippen LogP contribution in [0.2, 0.25) is 0 Å². The van der Waals surface area contributed by atoms with Gasteiger partial charge in [0.25, 0.3) is 0 Å². The summed E-state index contributed by atoms with van der Waals surface area (Å²) in [7, 11) is 0. The zero-order valence-electron chi connectivity index (χ0n) is 13.3. The normalized spacial score (nSPS) is 17.7. The summed E-state index contributed by atoms with van der Waals surface area (Å²) in [6.45, 7) is 3.63. The Labute approximate surface area is 138 Å². The smallest absolute Gasteiger partial charge is 0.358 e. The molecule has 1 N–H and O–H groups in total. The molecule has 0 saturated carbocycles. The highest BCUT2D eigenvalue weighted by Gasteiger charge is 2.29. The lowest BCUT2D eigenvalue weighted by Crippen LogP contribution is -2.49. The molecule has 3 heterocycles. The SMILES string of the molecule is Cc1nc([N+](=O)[O-])cn1CC(=O)N1CCNCC1c1cccnc1. The van der Waals surface area contributed by atoms with Crippen molar-refractivity contribution in [2.75, 3.05) is 19.6 Å². The molecule has 0 bridgehead atoms. The minimum atomic E-state index is -0.558. The van der Waals surface area contributed by atoms with Gasteiger partial charge in [-0.05, 0) is 21.5 Å². The summed E-state index contributed by atoms with van der Waals surface area (Å²) >= 11 is 0. The molecule has 1 aliphatic heterocycles. The Kier molecular flexibility index (Phi) is 4.52. The van der Waals surface area contributed by atoms with Gasteiger partial charge in [0.2, 0.25) is 11.7 Å². The number of pyridine rings is 1. The van der Waals surface area contributed by atoms with Crippen LogP contribution in [-0.2, 0) is 11.3 Å². The fourth-order valence-corrected chi connectivity index (χ4v) is 2.85. The molecule has 126 valence electrons. The number of carbonyl (C=O) groups excluding carboxylic acids is 1. The summed E-state index contributed by atoms with van der Waals surface area (Å²) in [6.07, 6.45) is 4.75. The third-order valence-corrected chi connectivity index (χ3v) is 4.09. The lowest BCUT2D eigenvalue weighted by atomic mass is 10.1. The Balaban J connectivity index is 1.78. The Morgan fingerprint density at radius 3 is 3.04 bits per heavy atom. The van der Waals surface area contributed by atoms with Gasteiger partial charge < -0.3 is 20.3 Å². The Morgan fingerprint density at radius 1 is 1.54 bits per heavy atom. The van der Waals surface area contributed by atoms with Gasteiger partial charge in [-0.15, -0.1) is 0 Å². The number of hydrogen-bond acceptors (Lipinski definition) is 6. The van der Waals surface area contributed by atoms with Gasteiger partial charge in [0, 0.05) is 39.0 Å². The standard InChI is InChI=1S/C15H18N6O3/c1-11-18-14(21(23)24)9-19(11)10-15(22)20-6-5-17-8-13(20)12-3-2-4-16-7-12/h2-4,7,9,13,17H,5-6,8,10H2,1H3. The molecule has 9 nitrogen and oxygen atoms in total. The van der Waals surface area contributed by atoms with Crippen LogP contribution in [0.15, 0.2) is 30.7 Å². The zero-order chi connectivity index (χ0) is 17.1. The number of aromatic nitrogens is 3. The number of amides is 1. The molecule has 9 heteroatoms. The highest BCUT2D eigenvalue weighted by Crippen LogP contribution is 2.22. The van der Waals surface area contributed by atoms with E-state index < -0.39 is 4.92 Å². The van der Waals surface area contributed by atoms with E-state index in [-0.39, 0.29) is 24.3 Å². The van der Waals surface area contributed by atoms with Crippen molar-refractivity contribution in [3.05, 3.63) is 52.2 Å². The van der Waals surface area contributed by atoms with Crippen molar-refractivity contribution in [1.82, 2.24) is 24.8 Å². The van der Waals surface area contributed by atoms with E-state index in [4.69, 9.17) is 0 Å². The summed E-state index contributed by atoms with van der Waals surface area (Å²) in [5, 5.41) is 14.1. The highest BCUT2D eigenvalue weighted by molar-refractivity contribution is 5.77. The van der Waals surface area contributed by atoms with Crippen LogP contribution in [-0.4, -0.2) is 49.9 Å². The van der Waals surface area contributed by atoms with E-state index in [1.807, 2.05) is 12.1 Å². The maximum absolute atomic E-state index is 12.7. The van der Waals surface area contributed by atoms with Crippen molar-refractivity contribution in [3.63, 3.8) is 0 Å². The molecule has 2 aromatic rings. The Morgan fingerprint density at radius 2 is 2.38 bits per heavy atom. The number of rotatable bonds is 4. The van der Waals surface area contributed by atoms with Crippen LogP contribution >= 0.6 is 0 Å². The van der Waals surface area contributed by atoms with E-state index in [1.165, 1.54) is 10.8 Å². The van der Waals surface area contributed by atoms with E-state index in [2.05, 4.69) is 15.3 Å². The molecule has 2 aromatic heterocycles. The zero-order valence-corrected chi connectivity index (χ0v) is 13.3. The van der Waals surface area contributed by atoms with Crippen LogP contribution in [0.25, 0.3) is 0 Å². The minimum Gasteiger partial charge on any atom is -0.358 e. The topological polar surface area (TPSA) is 106 Å². The van der Waals surface area contributed by atoms with E-state index in [9.17, 15) is 14.9 Å². The second-order valence-corrected chi connectivity index (χ2v) is 5.62. The number of hydrogen-bond donors (Lipinski definition) is 1. The summed E-state index contributed by atoms with van der Waals surface area (Å²) in [5.74, 6) is 0.105. The molecule has 0 aliphatic carbocycles. The molecular weight excluding hydrogens is 312 g/mol. The minimum absolute atomic E-state index is 0.0312. The first-order valence-corrected chi connectivity index (χ1v) is 7.64. The predicted molar refractivity (Wildman–Crippen MR) is 85.2 cm³/mol. The second-order valence-electron chi connectivity index (χ2n) is 5.62. The number of nitrogens with zero attached hydrogens (tertiary/aromatic N) is 5. The summed E-state index contributed by atoms with van der Waals surface area (Å²) < 4.78 is 1.52. The van der Waals surface area contributed by atoms with Gasteiger partial charge in [0.1, 0.15) is 12.7 Å². The summed E-state index contributed by atoms with van der Waals surface area (Å²) in [5.41, 5.74) is 0.964. The van der Waals surface area contributed by atoms with Crippen molar-refractivity contribution >= 4 is 11.7 Å². The van der Waals surface area contributed by atoms with Crippen molar-refractivity contribution in [3.8, 4) is 0 Å². The predicted octanol–water partition coefficient (Wildman–Crippen LogP) is 0.668. The van der Waals surface area contributed by atoms with E-state index in [1.54, 1.807) is 24.2 Å². The average molecular weight is 330 g/mol. The van der Waals surface area contributed by atoms with Gasteiger partial charge in [-0.1, -0.05) is 6.07 Å². The number of piperazine rings is 1. The molecule has 1 aliphatic rings. The fourth-order valence-electron chi connectivity index (χ4n) is 2.85. The third-order valence-electron chi connectivity index (χ3n) is 4.09. The van der Waals surface area contributed by atoms with E-state index in [0.29, 0.717) is 25.5 Å². The van der Waals surface area contributed by atoms with Gasteiger partial charge in [-0.3, -0.25) is 14.3 Å². The first kappa shape index (κ1) is 16.1. The number of imidazole rings is 1. The van der Waals surface area contributed by atoms with Crippen LogP contribution in [0, 0.1) is 17.0 Å². The molecule has 1 atom stereocenters. The Hall–Kier alpha value is -2.81. The number of nitrogens with one attached hydrogen (secondary N) is 1. The van der Waals surface area contributed by atoms with Crippen molar-refractivity contribution in [2.24, 2.45) is 0 Å². The molecule has 3 rings (SSSR count). The van der Waals surface area contributed by atoms with Gasteiger partial charge in [-0.2, -0.15) is 0 Å². The van der Waals surface area contributed by atoms with Crippen molar-refractivity contribution < 1.29 is 9.72 Å². The van der Waals surface area contributed by atoms with Gasteiger partial charge in [0.15, 0.2) is 0 Å². The molecule has 1 amide bonds. The monoisotopic (exact) mass is 330 g/mol. The highest BCUT2D eigenvalue weighted by atomic mass is 16.6. The third kappa shape index (κ3) is 3.25. The molecule has 24 heavy (non-hydrogen) atoms. The van der Waals surface area contributed by atoms with Crippen LogP contribution < -0.4 is 5.32 Å². The van der Waals surface area contributed by atoms with Crippen LogP contribution in [0.4, 0.5) is 5.82 Å².